The molecule has 1 rings (SSSR count). The highest BCUT2D eigenvalue weighted by Crippen LogP contribution is 2.17. The molecule has 9 heteroatoms. The minimum atomic E-state index is -1.12. The van der Waals surface area contributed by atoms with E-state index < -0.39 is 35.1 Å². The summed E-state index contributed by atoms with van der Waals surface area (Å²) in [6, 6.07) is -1.12. The Hall–Kier alpha value is -2.45. The maximum absolute atomic E-state index is 12.4. The smallest absolute Gasteiger partial charge is 0.290 e. The highest BCUT2D eigenvalue weighted by molar-refractivity contribution is 6.38. The molecule has 0 aromatic rings. The van der Waals surface area contributed by atoms with Crippen molar-refractivity contribution in [2.45, 2.75) is 45.2 Å². The second-order valence-corrected chi connectivity index (χ2v) is 6.70. The van der Waals surface area contributed by atoms with Crippen LogP contribution in [-0.2, 0) is 24.0 Å². The van der Waals surface area contributed by atoms with Crippen molar-refractivity contribution >= 4 is 29.9 Å². The van der Waals surface area contributed by atoms with Crippen LogP contribution in [0.2, 0.25) is 0 Å². The molecule has 2 atom stereocenters. The van der Waals surface area contributed by atoms with Crippen molar-refractivity contribution in [2.75, 3.05) is 13.1 Å². The number of hydrogen-bond acceptors (Lipinski definition) is 5. The van der Waals surface area contributed by atoms with Crippen molar-refractivity contribution in [1.29, 1.82) is 0 Å². The summed E-state index contributed by atoms with van der Waals surface area (Å²) in [7, 11) is 0. The average molecular weight is 340 g/mol. The number of Topliss-reactive ketones (excluding diaryl/α,β-unsaturated/α-hetero) is 1. The van der Waals surface area contributed by atoms with Gasteiger partial charge in [0.1, 0.15) is 0 Å². The van der Waals surface area contributed by atoms with Crippen molar-refractivity contribution in [2.24, 2.45) is 5.92 Å². The lowest BCUT2D eigenvalue weighted by Crippen LogP contribution is -2.53. The van der Waals surface area contributed by atoms with E-state index in [1.54, 1.807) is 20.8 Å². The van der Waals surface area contributed by atoms with Gasteiger partial charge in [-0.05, 0) is 33.6 Å². The Kier molecular flexibility index (Phi) is 6.87. The van der Waals surface area contributed by atoms with E-state index in [1.165, 1.54) is 0 Å². The standard InChI is InChI=1S/C15H24N4O5/c1-15(2,3)19-14(24)12(22)10(18-11(21)7-16-8-20)6-9-4-5-17-13(9)23/h8-10H,4-7H2,1-3H3,(H,16,20)(H,17,23)(H,18,21)(H,19,24). The number of carbonyl (C=O) groups is 5. The highest BCUT2D eigenvalue weighted by atomic mass is 16.2. The lowest BCUT2D eigenvalue weighted by atomic mass is 9.95. The van der Waals surface area contributed by atoms with Gasteiger partial charge in [-0.3, -0.25) is 24.0 Å². The lowest BCUT2D eigenvalue weighted by molar-refractivity contribution is -0.141. The number of ketones is 1. The molecular weight excluding hydrogens is 316 g/mol. The molecule has 0 radical (unpaired) electrons. The molecule has 1 fully saturated rings. The molecule has 0 saturated carbocycles. The number of hydrogen-bond donors (Lipinski definition) is 4. The van der Waals surface area contributed by atoms with Gasteiger partial charge in [0.05, 0.1) is 12.6 Å². The molecule has 1 aliphatic heterocycles. The Bertz CT molecular complexity index is 526. The van der Waals surface area contributed by atoms with Gasteiger partial charge in [0.15, 0.2) is 0 Å². The summed E-state index contributed by atoms with van der Waals surface area (Å²) in [6.07, 6.45) is 0.925. The number of amides is 4. The van der Waals surface area contributed by atoms with Gasteiger partial charge in [0.2, 0.25) is 24.0 Å². The zero-order valence-corrected chi connectivity index (χ0v) is 14.1. The van der Waals surface area contributed by atoms with Crippen LogP contribution in [0.15, 0.2) is 0 Å². The van der Waals surface area contributed by atoms with Gasteiger partial charge < -0.3 is 21.3 Å². The Balaban J connectivity index is 2.80. The van der Waals surface area contributed by atoms with Gasteiger partial charge in [-0.25, -0.2) is 0 Å². The Labute approximate surface area is 140 Å². The third-order valence-corrected chi connectivity index (χ3v) is 3.39. The van der Waals surface area contributed by atoms with E-state index in [-0.39, 0.29) is 18.9 Å². The van der Waals surface area contributed by atoms with Crippen LogP contribution in [0.5, 0.6) is 0 Å². The largest absolute Gasteiger partial charge is 0.356 e. The molecule has 134 valence electrons. The lowest BCUT2D eigenvalue weighted by Gasteiger charge is -2.23. The van der Waals surface area contributed by atoms with Gasteiger partial charge in [0.25, 0.3) is 5.91 Å². The maximum Gasteiger partial charge on any atom is 0.290 e. The number of nitrogens with one attached hydrogen (secondary N) is 4. The molecule has 9 nitrogen and oxygen atoms in total. The van der Waals surface area contributed by atoms with Gasteiger partial charge in [-0.1, -0.05) is 0 Å². The first-order chi connectivity index (χ1) is 11.1. The molecular formula is C15H24N4O5. The van der Waals surface area contributed by atoms with E-state index in [4.69, 9.17) is 0 Å². The predicted octanol–water partition coefficient (Wildman–Crippen LogP) is -1.77. The molecule has 0 spiro atoms. The number of rotatable bonds is 8. The van der Waals surface area contributed by atoms with E-state index >= 15 is 0 Å². The summed E-state index contributed by atoms with van der Waals surface area (Å²) in [4.78, 5) is 58.1. The molecule has 0 bridgehead atoms. The fourth-order valence-electron chi connectivity index (χ4n) is 2.33. The van der Waals surface area contributed by atoms with E-state index in [9.17, 15) is 24.0 Å². The summed E-state index contributed by atoms with van der Waals surface area (Å²) in [5, 5.41) is 9.78. The van der Waals surface area contributed by atoms with Crippen molar-refractivity contribution in [3.63, 3.8) is 0 Å². The van der Waals surface area contributed by atoms with Crippen LogP contribution < -0.4 is 21.3 Å². The summed E-state index contributed by atoms with van der Waals surface area (Å²) < 4.78 is 0. The van der Waals surface area contributed by atoms with Crippen LogP contribution in [0.1, 0.15) is 33.6 Å². The van der Waals surface area contributed by atoms with Crippen LogP contribution in [-0.4, -0.2) is 54.6 Å². The summed E-state index contributed by atoms with van der Waals surface area (Å²) in [5.74, 6) is -2.90. The van der Waals surface area contributed by atoms with E-state index in [0.29, 0.717) is 19.4 Å². The third-order valence-electron chi connectivity index (χ3n) is 3.39. The van der Waals surface area contributed by atoms with E-state index in [0.717, 1.165) is 0 Å². The molecule has 24 heavy (non-hydrogen) atoms. The average Bonchev–Trinajstić information content (AvgIpc) is 2.87. The zero-order valence-electron chi connectivity index (χ0n) is 14.1. The normalized spacial score (nSPS) is 18.3. The maximum atomic E-state index is 12.4. The fraction of sp³-hybridized carbons (Fsp3) is 0.667. The molecule has 2 unspecified atom stereocenters. The molecule has 0 aromatic carbocycles. The SMILES string of the molecule is CC(C)(C)NC(=O)C(=O)C(CC1CCNC1=O)NC(=O)CNC=O. The van der Waals surface area contributed by atoms with Crippen LogP contribution >= 0.6 is 0 Å². The topological polar surface area (TPSA) is 133 Å². The van der Waals surface area contributed by atoms with Crippen LogP contribution in [0.3, 0.4) is 0 Å². The molecule has 4 amide bonds. The van der Waals surface area contributed by atoms with Gasteiger partial charge in [-0.15, -0.1) is 0 Å². The summed E-state index contributed by atoms with van der Waals surface area (Å²) in [6.45, 7) is 5.36. The fourth-order valence-corrected chi connectivity index (χ4v) is 2.33. The highest BCUT2D eigenvalue weighted by Gasteiger charge is 2.34. The monoisotopic (exact) mass is 340 g/mol. The predicted molar refractivity (Wildman–Crippen MR) is 84.6 cm³/mol. The third kappa shape index (κ3) is 6.35. The minimum Gasteiger partial charge on any atom is -0.356 e. The Morgan fingerprint density at radius 1 is 1.33 bits per heavy atom. The van der Waals surface area contributed by atoms with E-state index in [1.807, 2.05) is 0 Å². The number of carbonyl (C=O) groups excluding carboxylic acids is 5. The minimum absolute atomic E-state index is 0.0368. The summed E-state index contributed by atoms with van der Waals surface area (Å²) in [5.41, 5.74) is -0.606. The summed E-state index contributed by atoms with van der Waals surface area (Å²) >= 11 is 0. The molecule has 0 aliphatic carbocycles. The molecule has 1 aliphatic rings. The van der Waals surface area contributed by atoms with Gasteiger partial charge in [0, 0.05) is 18.0 Å². The zero-order chi connectivity index (χ0) is 18.3. The molecule has 1 heterocycles. The van der Waals surface area contributed by atoms with Crippen LogP contribution in [0.4, 0.5) is 0 Å². The first-order valence-corrected chi connectivity index (χ1v) is 7.74. The molecule has 1 saturated heterocycles. The Morgan fingerprint density at radius 3 is 2.50 bits per heavy atom. The quantitative estimate of drug-likeness (QED) is 0.306. The Morgan fingerprint density at radius 2 is 2.00 bits per heavy atom. The van der Waals surface area contributed by atoms with Crippen LogP contribution in [0.25, 0.3) is 0 Å². The van der Waals surface area contributed by atoms with Crippen molar-refractivity contribution in [3.05, 3.63) is 0 Å². The second kappa shape index (κ2) is 8.42. The van der Waals surface area contributed by atoms with Crippen molar-refractivity contribution < 1.29 is 24.0 Å². The van der Waals surface area contributed by atoms with E-state index in [2.05, 4.69) is 21.3 Å². The van der Waals surface area contributed by atoms with Gasteiger partial charge >= 0.3 is 0 Å². The molecule has 0 aromatic heterocycles. The van der Waals surface area contributed by atoms with Crippen molar-refractivity contribution in [3.8, 4) is 0 Å². The van der Waals surface area contributed by atoms with Crippen LogP contribution in [0, 0.1) is 5.92 Å². The van der Waals surface area contributed by atoms with Gasteiger partial charge in [-0.2, -0.15) is 0 Å². The first kappa shape index (κ1) is 19.6. The van der Waals surface area contributed by atoms with Crippen molar-refractivity contribution in [1.82, 2.24) is 21.3 Å². The molecule has 4 N–H and O–H groups in total. The first-order valence-electron chi connectivity index (χ1n) is 7.74. The second-order valence-electron chi connectivity index (χ2n) is 6.70.